The number of aromatic nitrogens is 3. The second kappa shape index (κ2) is 5.50. The van der Waals surface area contributed by atoms with E-state index in [1.165, 1.54) is 16.8 Å². The van der Waals surface area contributed by atoms with Gasteiger partial charge in [-0.05, 0) is 19.1 Å². The Balaban J connectivity index is 2.33. The Morgan fingerprint density at radius 1 is 1.42 bits per heavy atom. The van der Waals surface area contributed by atoms with Crippen molar-refractivity contribution in [2.75, 3.05) is 0 Å². The molecule has 1 heterocycles. The van der Waals surface area contributed by atoms with Gasteiger partial charge in [-0.2, -0.15) is 8.78 Å². The maximum atomic E-state index is 12.2. The Bertz CT molecular complexity index is 574. The van der Waals surface area contributed by atoms with Crippen molar-refractivity contribution in [1.82, 2.24) is 15.0 Å². The van der Waals surface area contributed by atoms with Gasteiger partial charge in [0.25, 0.3) is 0 Å². The SMILES string of the molecule is CC(N)c1cn(-c2ccc(Cl)c(OC(F)F)c2)nn1. The van der Waals surface area contributed by atoms with Crippen LogP contribution in [0.1, 0.15) is 18.7 Å². The van der Waals surface area contributed by atoms with Crippen LogP contribution in [0.2, 0.25) is 5.02 Å². The Labute approximate surface area is 112 Å². The van der Waals surface area contributed by atoms with Crippen molar-refractivity contribution >= 4 is 11.6 Å². The Kier molecular flexibility index (Phi) is 3.96. The summed E-state index contributed by atoms with van der Waals surface area (Å²) in [4.78, 5) is 0. The van der Waals surface area contributed by atoms with E-state index in [1.807, 2.05) is 0 Å². The molecule has 0 aliphatic rings. The van der Waals surface area contributed by atoms with Crippen LogP contribution in [0.25, 0.3) is 5.69 Å². The standard InChI is InChI=1S/C11H11ClF2N4O/c1-6(15)9-5-18(17-16-9)7-2-3-8(12)10(4-7)19-11(13)14/h2-6,11H,15H2,1H3. The lowest BCUT2D eigenvalue weighted by atomic mass is 10.2. The van der Waals surface area contributed by atoms with E-state index in [4.69, 9.17) is 17.3 Å². The molecule has 0 saturated carbocycles. The number of hydrogen-bond donors (Lipinski definition) is 1. The number of rotatable bonds is 4. The summed E-state index contributed by atoms with van der Waals surface area (Å²) in [5.74, 6) is -0.119. The number of hydrogen-bond acceptors (Lipinski definition) is 4. The predicted molar refractivity (Wildman–Crippen MR) is 65.6 cm³/mol. The van der Waals surface area contributed by atoms with Gasteiger partial charge >= 0.3 is 6.61 Å². The number of benzene rings is 1. The van der Waals surface area contributed by atoms with E-state index in [9.17, 15) is 8.78 Å². The number of nitrogens with zero attached hydrogens (tertiary/aromatic N) is 3. The highest BCUT2D eigenvalue weighted by atomic mass is 35.5. The van der Waals surface area contributed by atoms with Gasteiger partial charge in [0.15, 0.2) is 0 Å². The van der Waals surface area contributed by atoms with Crippen molar-refractivity contribution in [3.05, 3.63) is 35.1 Å². The van der Waals surface area contributed by atoms with Gasteiger partial charge in [0, 0.05) is 12.1 Å². The molecule has 5 nitrogen and oxygen atoms in total. The Hall–Kier alpha value is -1.73. The second-order valence-corrected chi connectivity index (χ2v) is 4.28. The van der Waals surface area contributed by atoms with E-state index >= 15 is 0 Å². The molecule has 0 fully saturated rings. The predicted octanol–water partition coefficient (Wildman–Crippen LogP) is 2.54. The molecule has 1 atom stereocenters. The van der Waals surface area contributed by atoms with Gasteiger partial charge in [0.2, 0.25) is 0 Å². The van der Waals surface area contributed by atoms with Gasteiger partial charge < -0.3 is 10.5 Å². The molecule has 0 bridgehead atoms. The van der Waals surface area contributed by atoms with Crippen LogP contribution in [0, 0.1) is 0 Å². The van der Waals surface area contributed by atoms with Crippen LogP contribution in [0.15, 0.2) is 24.4 Å². The summed E-state index contributed by atoms with van der Waals surface area (Å²) >= 11 is 5.76. The summed E-state index contributed by atoms with van der Waals surface area (Å²) in [6.07, 6.45) is 1.61. The lowest BCUT2D eigenvalue weighted by molar-refractivity contribution is -0.0497. The number of halogens is 3. The normalized spacial score (nSPS) is 12.7. The van der Waals surface area contributed by atoms with E-state index in [0.29, 0.717) is 11.4 Å². The molecule has 0 aliphatic heterocycles. The fourth-order valence-corrected chi connectivity index (χ4v) is 1.59. The molecule has 2 aromatic rings. The molecule has 0 aliphatic carbocycles. The zero-order chi connectivity index (χ0) is 14.0. The molecule has 102 valence electrons. The van der Waals surface area contributed by atoms with Crippen molar-refractivity contribution < 1.29 is 13.5 Å². The minimum atomic E-state index is -2.94. The molecule has 0 radical (unpaired) electrons. The molecule has 2 rings (SSSR count). The number of alkyl halides is 2. The highest BCUT2D eigenvalue weighted by Gasteiger charge is 2.12. The zero-order valence-corrected chi connectivity index (χ0v) is 10.7. The van der Waals surface area contributed by atoms with Gasteiger partial charge in [-0.3, -0.25) is 0 Å². The van der Waals surface area contributed by atoms with Crippen LogP contribution in [0.5, 0.6) is 5.75 Å². The minimum Gasteiger partial charge on any atom is -0.433 e. The Morgan fingerprint density at radius 2 is 2.16 bits per heavy atom. The highest BCUT2D eigenvalue weighted by Crippen LogP contribution is 2.28. The van der Waals surface area contributed by atoms with Crippen molar-refractivity contribution in [2.24, 2.45) is 5.73 Å². The van der Waals surface area contributed by atoms with E-state index < -0.39 is 6.61 Å². The molecule has 0 amide bonds. The maximum Gasteiger partial charge on any atom is 0.387 e. The third-order valence-electron chi connectivity index (χ3n) is 2.37. The highest BCUT2D eigenvalue weighted by molar-refractivity contribution is 6.32. The summed E-state index contributed by atoms with van der Waals surface area (Å²) in [5, 5.41) is 7.82. The van der Waals surface area contributed by atoms with E-state index in [0.717, 1.165) is 0 Å². The average molecular weight is 289 g/mol. The summed E-state index contributed by atoms with van der Waals surface area (Å²) in [6, 6.07) is 4.15. The van der Waals surface area contributed by atoms with Crippen molar-refractivity contribution in [3.63, 3.8) is 0 Å². The first kappa shape index (κ1) is 13.7. The monoisotopic (exact) mass is 288 g/mol. The van der Waals surface area contributed by atoms with Crippen LogP contribution in [-0.2, 0) is 0 Å². The fourth-order valence-electron chi connectivity index (χ4n) is 1.43. The van der Waals surface area contributed by atoms with Crippen LogP contribution in [-0.4, -0.2) is 21.6 Å². The lowest BCUT2D eigenvalue weighted by Gasteiger charge is -2.08. The molecule has 19 heavy (non-hydrogen) atoms. The van der Waals surface area contributed by atoms with E-state index in [1.54, 1.807) is 19.2 Å². The van der Waals surface area contributed by atoms with Crippen LogP contribution in [0.3, 0.4) is 0 Å². The maximum absolute atomic E-state index is 12.2. The lowest BCUT2D eigenvalue weighted by Crippen LogP contribution is -2.05. The first-order chi connectivity index (χ1) is 8.97. The summed E-state index contributed by atoms with van der Waals surface area (Å²) < 4.78 is 30.1. The molecular formula is C11H11ClF2N4O. The van der Waals surface area contributed by atoms with Crippen molar-refractivity contribution in [3.8, 4) is 11.4 Å². The molecule has 0 spiro atoms. The molecule has 1 unspecified atom stereocenters. The topological polar surface area (TPSA) is 66.0 Å². The number of ether oxygens (including phenoxy) is 1. The average Bonchev–Trinajstić information content (AvgIpc) is 2.81. The van der Waals surface area contributed by atoms with Crippen LogP contribution in [0.4, 0.5) is 8.78 Å². The van der Waals surface area contributed by atoms with Gasteiger partial charge in [-0.15, -0.1) is 5.10 Å². The fraction of sp³-hybridized carbons (Fsp3) is 0.273. The first-order valence-electron chi connectivity index (χ1n) is 5.40. The third-order valence-corrected chi connectivity index (χ3v) is 2.69. The van der Waals surface area contributed by atoms with Crippen molar-refractivity contribution in [1.29, 1.82) is 0 Å². The molecule has 2 N–H and O–H groups in total. The van der Waals surface area contributed by atoms with E-state index in [-0.39, 0.29) is 16.8 Å². The Morgan fingerprint density at radius 3 is 2.74 bits per heavy atom. The largest absolute Gasteiger partial charge is 0.433 e. The first-order valence-corrected chi connectivity index (χ1v) is 5.77. The third kappa shape index (κ3) is 3.18. The zero-order valence-electron chi connectivity index (χ0n) is 9.93. The summed E-state index contributed by atoms with van der Waals surface area (Å²) in [6.45, 7) is -1.18. The van der Waals surface area contributed by atoms with E-state index in [2.05, 4.69) is 15.0 Å². The summed E-state index contributed by atoms with van der Waals surface area (Å²) in [7, 11) is 0. The smallest absolute Gasteiger partial charge is 0.387 e. The minimum absolute atomic E-state index is 0.0941. The van der Waals surface area contributed by atoms with Crippen LogP contribution < -0.4 is 10.5 Å². The molecular weight excluding hydrogens is 278 g/mol. The number of nitrogens with two attached hydrogens (primary N) is 1. The second-order valence-electron chi connectivity index (χ2n) is 3.87. The molecule has 0 saturated heterocycles. The molecule has 8 heteroatoms. The quantitative estimate of drug-likeness (QED) is 0.939. The van der Waals surface area contributed by atoms with Gasteiger partial charge in [-0.25, -0.2) is 4.68 Å². The summed E-state index contributed by atoms with van der Waals surface area (Å²) in [5.41, 5.74) is 6.75. The van der Waals surface area contributed by atoms with Gasteiger partial charge in [-0.1, -0.05) is 16.8 Å². The molecule has 1 aromatic heterocycles. The van der Waals surface area contributed by atoms with Crippen molar-refractivity contribution in [2.45, 2.75) is 19.6 Å². The van der Waals surface area contributed by atoms with Crippen LogP contribution >= 0.6 is 11.6 Å². The van der Waals surface area contributed by atoms with Gasteiger partial charge in [0.05, 0.1) is 22.6 Å². The molecule has 1 aromatic carbocycles. The van der Waals surface area contributed by atoms with Gasteiger partial charge in [0.1, 0.15) is 5.75 Å².